The quantitative estimate of drug-likeness (QED) is 0.0467. The molecule has 356 valence electrons. The molecule has 0 bridgehead atoms. The Balaban J connectivity index is 0.850. The molecule has 68 heavy (non-hydrogen) atoms. The number of likely N-dealkylation sites (tertiary alicyclic amines) is 1. The molecule has 3 aliphatic heterocycles. The van der Waals surface area contributed by atoms with Crippen molar-refractivity contribution in [3.63, 3.8) is 0 Å². The Morgan fingerprint density at radius 2 is 1.34 bits per heavy atom. The Labute approximate surface area is 413 Å². The molecule has 3 aliphatic rings. The second-order valence-electron chi connectivity index (χ2n) is 16.3. The Kier molecular flexibility index (Phi) is 17.8. The lowest BCUT2D eigenvalue weighted by Gasteiger charge is -2.33. The number of carbonyl (C=O) groups excluding carboxylic acids is 6. The van der Waals surface area contributed by atoms with Gasteiger partial charge in [0.05, 0.1) is 59.7 Å². The van der Waals surface area contributed by atoms with Gasteiger partial charge in [0.1, 0.15) is 12.1 Å². The number of anilines is 1. The van der Waals surface area contributed by atoms with Crippen molar-refractivity contribution in [1.82, 2.24) is 20.4 Å². The van der Waals surface area contributed by atoms with Crippen LogP contribution in [0.2, 0.25) is 20.1 Å². The molecule has 4 aromatic carbocycles. The van der Waals surface area contributed by atoms with Gasteiger partial charge < -0.3 is 34.6 Å². The second-order valence-corrected chi connectivity index (χ2v) is 17.9. The van der Waals surface area contributed by atoms with Gasteiger partial charge in [0.2, 0.25) is 23.6 Å². The van der Waals surface area contributed by atoms with Crippen LogP contribution in [0.25, 0.3) is 12.2 Å². The van der Waals surface area contributed by atoms with E-state index in [9.17, 15) is 28.8 Å². The third kappa shape index (κ3) is 13.6. The predicted octanol–water partition coefficient (Wildman–Crippen LogP) is 7.22. The van der Waals surface area contributed by atoms with Gasteiger partial charge in [-0.05, 0) is 77.2 Å². The first-order valence-corrected chi connectivity index (χ1v) is 23.6. The lowest BCUT2D eigenvalue weighted by Crippen LogP contribution is -2.52. The molecule has 3 N–H and O–H groups in total. The molecule has 7 rings (SSSR count). The number of hydrogen-bond donors (Lipinski definition) is 3. The molecule has 14 nitrogen and oxygen atoms in total. The topological polar surface area (TPSA) is 173 Å². The fraction of sp³-hybridized carbons (Fsp3) is 0.320. The number of piperidine rings is 2. The summed E-state index contributed by atoms with van der Waals surface area (Å²) >= 11 is 24.9. The van der Waals surface area contributed by atoms with Gasteiger partial charge in [0, 0.05) is 67.8 Å². The van der Waals surface area contributed by atoms with E-state index in [1.165, 1.54) is 4.90 Å². The highest BCUT2D eigenvalue weighted by Gasteiger charge is 2.39. The van der Waals surface area contributed by atoms with E-state index >= 15 is 0 Å². The van der Waals surface area contributed by atoms with Crippen LogP contribution in [-0.4, -0.2) is 116 Å². The minimum absolute atomic E-state index is 0.00536. The number of benzene rings is 4. The molecule has 2 atom stereocenters. The predicted molar refractivity (Wildman–Crippen MR) is 261 cm³/mol. The molecule has 18 heteroatoms. The molecular formula is C50H49Cl4N5O9. The minimum atomic E-state index is -0.954. The van der Waals surface area contributed by atoms with E-state index < -0.39 is 18.0 Å². The molecule has 5 amide bonds. The first kappa shape index (κ1) is 50.3. The maximum atomic E-state index is 14.5. The SMILES string of the molecule is O=C1CCC(N2Cc3ccc(NCCOCCOCCOCCC(=O)N[C@H](Cc4ccccc4)C(=O)N4C/C(=C\c5ccc(Cl)c(Cl)c5)C(=O)/C(=C/c5ccc(Cl)c(Cl)c5)C4)cc3C2=O)C(=O)N1. The number of fused-ring (bicyclic) bond motifs is 1. The summed E-state index contributed by atoms with van der Waals surface area (Å²) in [7, 11) is 0. The van der Waals surface area contributed by atoms with Gasteiger partial charge in [-0.1, -0.05) is 94.9 Å². The van der Waals surface area contributed by atoms with E-state index in [-0.39, 0.29) is 81.6 Å². The standard InChI is InChI=1S/C50H49Cl4N5O9/c51-39-10-6-32(24-41(39)53)22-35-28-58(29-36(47(35)62)23-33-7-11-40(52)42(54)25-33)50(65)43(26-31-4-2-1-3-5-31)56-46(61)14-16-66-18-20-68-21-19-67-17-15-55-37-9-8-34-30-59(49(64)38(34)27-37)44-12-13-45(60)57-48(44)63/h1-11,22-25,27,43-44,55H,12-21,26,28-30H2,(H,56,61)(H,57,60,63)/b35-22+,36-23+/t43-,44?/m1/s1. The third-order valence-electron chi connectivity index (χ3n) is 11.4. The first-order valence-electron chi connectivity index (χ1n) is 22.1. The number of nitrogens with one attached hydrogen (secondary N) is 3. The largest absolute Gasteiger partial charge is 0.383 e. The summed E-state index contributed by atoms with van der Waals surface area (Å²) in [5.74, 6) is -2.01. The fourth-order valence-corrected chi connectivity index (χ4v) is 8.59. The van der Waals surface area contributed by atoms with Gasteiger partial charge in [-0.3, -0.25) is 34.1 Å². The van der Waals surface area contributed by atoms with Gasteiger partial charge >= 0.3 is 0 Å². The highest BCUT2D eigenvalue weighted by molar-refractivity contribution is 6.42. The minimum Gasteiger partial charge on any atom is -0.383 e. The average molecular weight is 1010 g/mol. The molecule has 3 heterocycles. The Morgan fingerprint density at radius 1 is 0.721 bits per heavy atom. The van der Waals surface area contributed by atoms with E-state index in [1.807, 2.05) is 42.5 Å². The number of ether oxygens (including phenoxy) is 3. The maximum Gasteiger partial charge on any atom is 0.255 e. The number of rotatable bonds is 20. The summed E-state index contributed by atoms with van der Waals surface area (Å²) in [5, 5.41) is 9.83. The summed E-state index contributed by atoms with van der Waals surface area (Å²) in [6, 6.07) is 23.2. The maximum absolute atomic E-state index is 14.5. The molecule has 0 aromatic heterocycles. The summed E-state index contributed by atoms with van der Waals surface area (Å²) in [6.45, 7) is 2.44. The molecular weight excluding hydrogens is 956 g/mol. The van der Waals surface area contributed by atoms with E-state index in [2.05, 4.69) is 16.0 Å². The van der Waals surface area contributed by atoms with Crippen molar-refractivity contribution in [3.05, 3.63) is 144 Å². The molecule has 0 aliphatic carbocycles. The zero-order chi connectivity index (χ0) is 48.2. The summed E-state index contributed by atoms with van der Waals surface area (Å²) < 4.78 is 17.0. The molecule has 0 radical (unpaired) electrons. The number of Topliss-reactive ketones (excluding diaryl/α,β-unsaturated/α-hetero) is 1. The van der Waals surface area contributed by atoms with Gasteiger partial charge in [0.15, 0.2) is 5.78 Å². The summed E-state index contributed by atoms with van der Waals surface area (Å²) in [6.07, 6.45) is 4.07. The summed E-state index contributed by atoms with van der Waals surface area (Å²) in [4.78, 5) is 81.8. The summed E-state index contributed by atoms with van der Waals surface area (Å²) in [5.41, 5.74) is 4.88. The number of hydrogen-bond acceptors (Lipinski definition) is 10. The number of amides is 5. The van der Waals surface area contributed by atoms with E-state index in [4.69, 9.17) is 60.6 Å². The number of imide groups is 1. The van der Waals surface area contributed by atoms with Crippen molar-refractivity contribution in [2.45, 2.75) is 44.3 Å². The third-order valence-corrected chi connectivity index (χ3v) is 12.9. The first-order chi connectivity index (χ1) is 32.8. The second kappa shape index (κ2) is 24.1. The van der Waals surface area contributed by atoms with Crippen LogP contribution in [0.5, 0.6) is 0 Å². The fourth-order valence-electron chi connectivity index (χ4n) is 7.98. The normalized spacial score (nSPS) is 17.7. The van der Waals surface area contributed by atoms with Crippen LogP contribution in [0.15, 0.2) is 96.1 Å². The van der Waals surface area contributed by atoms with Crippen molar-refractivity contribution in [1.29, 1.82) is 0 Å². The van der Waals surface area contributed by atoms with Crippen LogP contribution in [0.3, 0.4) is 0 Å². The Morgan fingerprint density at radius 3 is 1.96 bits per heavy atom. The van der Waals surface area contributed by atoms with E-state index in [1.54, 1.807) is 59.5 Å². The Bertz CT molecular complexity index is 2540. The van der Waals surface area contributed by atoms with Gasteiger partial charge in [-0.2, -0.15) is 0 Å². The van der Waals surface area contributed by atoms with E-state index in [0.717, 1.165) is 16.8 Å². The number of nitrogens with zero attached hydrogens (tertiary/aromatic N) is 2. The molecule has 2 fully saturated rings. The molecule has 0 saturated carbocycles. The van der Waals surface area contributed by atoms with Crippen molar-refractivity contribution in [2.75, 3.05) is 64.6 Å². The van der Waals surface area contributed by atoms with Crippen molar-refractivity contribution < 1.29 is 43.0 Å². The van der Waals surface area contributed by atoms with Crippen LogP contribution < -0.4 is 16.0 Å². The lowest BCUT2D eigenvalue weighted by atomic mass is 9.93. The van der Waals surface area contributed by atoms with Crippen LogP contribution in [0.1, 0.15) is 51.9 Å². The molecule has 1 unspecified atom stereocenters. The average Bonchev–Trinajstić information content (AvgIpc) is 3.64. The zero-order valence-electron chi connectivity index (χ0n) is 36.9. The monoisotopic (exact) mass is 1000 g/mol. The van der Waals surface area contributed by atoms with Crippen LogP contribution in [0, 0.1) is 0 Å². The smallest absolute Gasteiger partial charge is 0.255 e. The highest BCUT2D eigenvalue weighted by atomic mass is 35.5. The van der Waals surface area contributed by atoms with Gasteiger partial charge in [0.25, 0.3) is 5.91 Å². The van der Waals surface area contributed by atoms with Crippen LogP contribution in [-0.2, 0) is 51.1 Å². The van der Waals surface area contributed by atoms with E-state index in [0.29, 0.717) is 87.3 Å². The van der Waals surface area contributed by atoms with Crippen molar-refractivity contribution >= 4 is 99.6 Å². The number of halogens is 4. The van der Waals surface area contributed by atoms with Crippen molar-refractivity contribution in [3.8, 4) is 0 Å². The van der Waals surface area contributed by atoms with Crippen molar-refractivity contribution in [2.24, 2.45) is 0 Å². The van der Waals surface area contributed by atoms with Crippen LogP contribution >= 0.6 is 46.4 Å². The van der Waals surface area contributed by atoms with Gasteiger partial charge in [-0.25, -0.2) is 0 Å². The Hall–Kier alpha value is -5.58. The van der Waals surface area contributed by atoms with Gasteiger partial charge in [-0.15, -0.1) is 0 Å². The lowest BCUT2D eigenvalue weighted by molar-refractivity contribution is -0.137. The number of carbonyl (C=O) groups is 6. The molecule has 0 spiro atoms. The number of ketones is 1. The molecule has 4 aromatic rings. The van der Waals surface area contributed by atoms with Crippen LogP contribution in [0.4, 0.5) is 5.69 Å². The molecule has 2 saturated heterocycles. The highest BCUT2D eigenvalue weighted by Crippen LogP contribution is 2.31. The zero-order valence-corrected chi connectivity index (χ0v) is 39.9.